The highest BCUT2D eigenvalue weighted by Gasteiger charge is 2.44. The number of benzene rings is 2. The number of hydrogen-bond donors (Lipinski definition) is 3. The van der Waals surface area contributed by atoms with Gasteiger partial charge in [-0.05, 0) is 123 Å². The molecule has 3 fully saturated rings. The molecule has 7 rings (SSSR count). The van der Waals surface area contributed by atoms with Crippen LogP contribution in [0.1, 0.15) is 79.3 Å². The number of aryl methyl sites for hydroxylation is 1. The van der Waals surface area contributed by atoms with Crippen LogP contribution in [0.25, 0.3) is 0 Å². The molecule has 2 aromatic rings. The molecule has 1 heterocycles. The topological polar surface area (TPSA) is 117 Å². The van der Waals surface area contributed by atoms with Gasteiger partial charge in [0.2, 0.25) is 0 Å². The summed E-state index contributed by atoms with van der Waals surface area (Å²) in [6.45, 7) is 1.87. The highest BCUT2D eigenvalue weighted by molar-refractivity contribution is 7.88. The molecule has 9 nitrogen and oxygen atoms in total. The van der Waals surface area contributed by atoms with Gasteiger partial charge in [-0.1, -0.05) is 29.8 Å². The molecule has 11 heteroatoms. The number of rotatable bonds is 11. The van der Waals surface area contributed by atoms with Crippen molar-refractivity contribution in [1.82, 2.24) is 9.44 Å². The highest BCUT2D eigenvalue weighted by Crippen LogP contribution is 2.47. The molecule has 1 unspecified atom stereocenters. The molecule has 47 heavy (non-hydrogen) atoms. The number of carbonyl (C=O) groups is 1. The van der Waals surface area contributed by atoms with Crippen molar-refractivity contribution in [2.45, 2.75) is 87.9 Å². The van der Waals surface area contributed by atoms with Crippen molar-refractivity contribution in [3.63, 3.8) is 0 Å². The molecule has 5 aliphatic rings. The number of ether oxygens (including phenoxy) is 2. The lowest BCUT2D eigenvalue weighted by molar-refractivity contribution is 0.0235. The van der Waals surface area contributed by atoms with Crippen molar-refractivity contribution < 1.29 is 27.8 Å². The molecule has 0 aromatic heterocycles. The monoisotopic (exact) mass is 683 g/mol. The summed E-state index contributed by atoms with van der Waals surface area (Å²) in [6, 6.07) is 11.1. The average molecular weight is 684 g/mol. The summed E-state index contributed by atoms with van der Waals surface area (Å²) in [7, 11) is -2.45. The number of nitrogens with one attached hydrogen (secondary N) is 2. The standard InChI is InChI=1S/C36H46ClN3O6S/c1-45-29-18-28(19-29)38-47(43,44)39-35(42)25-10-14-34-32(17-25)40(20-26-9-12-30(26)33(41)6-2-4-23-7-8-23)21-36(22-46-34)15-3-5-24-16-27(37)11-13-31(24)36/h2,6,10-11,13-14,16-17,23,26,28-30,33,38,41H,3-5,7-9,12,15,18-22H2,1H3,(H,39,42)/b6-2+/t26-,28-,29+,30+,33?,36-/m0/s1. The summed E-state index contributed by atoms with van der Waals surface area (Å²) in [5.74, 6) is 1.19. The van der Waals surface area contributed by atoms with Gasteiger partial charge in [0, 0.05) is 42.2 Å². The normalized spacial score (nSPS) is 29.2. The Hall–Kier alpha value is -2.63. The van der Waals surface area contributed by atoms with Crippen LogP contribution in [0, 0.1) is 17.8 Å². The maximum absolute atomic E-state index is 13.4. The van der Waals surface area contributed by atoms with Gasteiger partial charge in [-0.3, -0.25) is 4.79 Å². The molecule has 0 bridgehead atoms. The van der Waals surface area contributed by atoms with Gasteiger partial charge in [0.1, 0.15) is 5.75 Å². The van der Waals surface area contributed by atoms with Crippen LogP contribution >= 0.6 is 11.6 Å². The predicted molar refractivity (Wildman–Crippen MR) is 182 cm³/mol. The first kappa shape index (κ1) is 32.9. The fourth-order valence-electron chi connectivity index (χ4n) is 8.00. The SMILES string of the molecule is CO[C@H]1C[C@@H](NS(=O)(=O)NC(=O)c2ccc3c(c2)N(C[C@@H]2CC[C@H]2C(O)/C=C/CC2CC2)C[C@@]2(CCCc4cc(Cl)ccc42)CO3)C1. The number of carbonyl (C=O) groups excluding carboxylic acids is 1. The number of amides is 1. The summed E-state index contributed by atoms with van der Waals surface area (Å²) in [5.41, 5.74) is 3.23. The van der Waals surface area contributed by atoms with Gasteiger partial charge in [-0.25, -0.2) is 4.72 Å². The van der Waals surface area contributed by atoms with Crippen molar-refractivity contribution in [2.24, 2.45) is 17.8 Å². The van der Waals surface area contributed by atoms with Crippen molar-refractivity contribution in [3.8, 4) is 5.75 Å². The van der Waals surface area contributed by atoms with Crippen LogP contribution in [0.4, 0.5) is 5.69 Å². The van der Waals surface area contributed by atoms with E-state index < -0.39 is 22.2 Å². The van der Waals surface area contributed by atoms with Crippen LogP contribution in [-0.2, 0) is 26.8 Å². The lowest BCUT2D eigenvalue weighted by Gasteiger charge is -2.45. The van der Waals surface area contributed by atoms with Crippen LogP contribution in [0.3, 0.4) is 0 Å². The zero-order valence-electron chi connectivity index (χ0n) is 27.0. The van der Waals surface area contributed by atoms with E-state index in [1.807, 2.05) is 12.1 Å². The predicted octanol–water partition coefficient (Wildman–Crippen LogP) is 5.30. The highest BCUT2D eigenvalue weighted by atomic mass is 35.5. The number of aliphatic hydroxyl groups is 1. The van der Waals surface area contributed by atoms with Gasteiger partial charge in [0.15, 0.2) is 0 Å². The van der Waals surface area contributed by atoms with E-state index in [-0.39, 0.29) is 35.0 Å². The van der Waals surface area contributed by atoms with E-state index in [0.717, 1.165) is 55.2 Å². The number of halogens is 1. The van der Waals surface area contributed by atoms with Crippen molar-refractivity contribution in [3.05, 3.63) is 70.3 Å². The minimum atomic E-state index is -4.06. The second-order valence-electron chi connectivity index (χ2n) is 14.5. The van der Waals surface area contributed by atoms with Gasteiger partial charge in [0.05, 0.1) is 24.5 Å². The Morgan fingerprint density at radius 1 is 1.19 bits per heavy atom. The van der Waals surface area contributed by atoms with E-state index in [9.17, 15) is 18.3 Å². The smallest absolute Gasteiger partial charge is 0.301 e. The molecule has 4 atom stereocenters. The van der Waals surface area contributed by atoms with E-state index in [0.29, 0.717) is 38.3 Å². The number of fused-ring (bicyclic) bond motifs is 3. The zero-order valence-corrected chi connectivity index (χ0v) is 28.6. The van der Waals surface area contributed by atoms with E-state index in [2.05, 4.69) is 32.6 Å². The second-order valence-corrected chi connectivity index (χ2v) is 16.3. The first-order valence-corrected chi connectivity index (χ1v) is 19.0. The Balaban J connectivity index is 1.14. The molecule has 1 aliphatic heterocycles. The largest absolute Gasteiger partial charge is 0.490 e. The number of hydrogen-bond acceptors (Lipinski definition) is 7. The molecule has 2 aromatic carbocycles. The lowest BCUT2D eigenvalue weighted by atomic mass is 9.68. The first-order valence-electron chi connectivity index (χ1n) is 17.1. The molecule has 254 valence electrons. The van der Waals surface area contributed by atoms with Crippen LogP contribution < -0.4 is 19.1 Å². The number of nitrogens with zero attached hydrogens (tertiary/aromatic N) is 1. The number of methoxy groups -OCH3 is 1. The fourth-order valence-corrected chi connectivity index (χ4v) is 9.25. The van der Waals surface area contributed by atoms with Crippen molar-refractivity contribution in [2.75, 3.05) is 31.7 Å². The average Bonchev–Trinajstić information content (AvgIpc) is 3.84. The third-order valence-corrected chi connectivity index (χ3v) is 12.5. The maximum atomic E-state index is 13.4. The van der Waals surface area contributed by atoms with Crippen LogP contribution in [0.2, 0.25) is 5.02 Å². The lowest BCUT2D eigenvalue weighted by Crippen LogP contribution is -2.52. The van der Waals surface area contributed by atoms with Crippen LogP contribution in [0.15, 0.2) is 48.6 Å². The fraction of sp³-hybridized carbons (Fsp3) is 0.583. The first-order chi connectivity index (χ1) is 22.6. The molecular weight excluding hydrogens is 638 g/mol. The number of aliphatic hydroxyl groups excluding tert-OH is 1. The van der Waals surface area contributed by atoms with Gasteiger partial charge >= 0.3 is 10.2 Å². The van der Waals surface area contributed by atoms with Crippen molar-refractivity contribution in [1.29, 1.82) is 0 Å². The molecule has 1 spiro atoms. The molecule has 4 aliphatic carbocycles. The molecule has 1 amide bonds. The molecule has 3 N–H and O–H groups in total. The third kappa shape index (κ3) is 7.22. The summed E-state index contributed by atoms with van der Waals surface area (Å²) >= 11 is 6.42. The van der Waals surface area contributed by atoms with Gasteiger partial charge < -0.3 is 19.5 Å². The van der Waals surface area contributed by atoms with Gasteiger partial charge in [0.25, 0.3) is 5.91 Å². The Kier molecular flexibility index (Phi) is 9.34. The van der Waals surface area contributed by atoms with Gasteiger partial charge in [-0.15, -0.1) is 0 Å². The molecular formula is C36H46ClN3O6S. The Bertz CT molecular complexity index is 1620. The summed E-state index contributed by atoms with van der Waals surface area (Å²) < 4.78 is 42.2. The number of allylic oxidation sites excluding steroid dienone is 1. The Morgan fingerprint density at radius 2 is 2.02 bits per heavy atom. The summed E-state index contributed by atoms with van der Waals surface area (Å²) in [5, 5.41) is 11.9. The van der Waals surface area contributed by atoms with Crippen LogP contribution in [0.5, 0.6) is 5.75 Å². The summed E-state index contributed by atoms with van der Waals surface area (Å²) in [4.78, 5) is 15.7. The molecule has 3 saturated carbocycles. The summed E-state index contributed by atoms with van der Waals surface area (Å²) in [6.07, 6.45) is 13.4. The minimum Gasteiger partial charge on any atom is -0.490 e. The van der Waals surface area contributed by atoms with Crippen molar-refractivity contribution >= 4 is 33.4 Å². The van der Waals surface area contributed by atoms with E-state index in [1.165, 1.54) is 24.0 Å². The van der Waals surface area contributed by atoms with E-state index >= 15 is 0 Å². The van der Waals surface area contributed by atoms with E-state index in [4.69, 9.17) is 21.1 Å². The Morgan fingerprint density at radius 3 is 2.77 bits per heavy atom. The van der Waals surface area contributed by atoms with Crippen LogP contribution in [-0.4, -0.2) is 64.5 Å². The number of anilines is 1. The third-order valence-electron chi connectivity index (χ3n) is 11.1. The quantitative estimate of drug-likeness (QED) is 0.275. The minimum absolute atomic E-state index is 0.0283. The van der Waals surface area contributed by atoms with Gasteiger partial charge in [-0.2, -0.15) is 13.1 Å². The Labute approximate surface area is 283 Å². The molecule has 0 saturated heterocycles. The molecule has 0 radical (unpaired) electrons. The second kappa shape index (κ2) is 13.3. The zero-order chi connectivity index (χ0) is 32.8. The maximum Gasteiger partial charge on any atom is 0.301 e. The van der Waals surface area contributed by atoms with E-state index in [1.54, 1.807) is 25.3 Å².